The highest BCUT2D eigenvalue weighted by Gasteiger charge is 2.12. The third-order valence-electron chi connectivity index (χ3n) is 4.11. The van der Waals surface area contributed by atoms with E-state index in [2.05, 4.69) is 0 Å². The van der Waals surface area contributed by atoms with E-state index in [1.54, 1.807) is 0 Å². The highest BCUT2D eigenvalue weighted by atomic mass is 16.5. The molecule has 0 aliphatic heterocycles. The topological polar surface area (TPSA) is 116 Å². The van der Waals surface area contributed by atoms with Crippen molar-refractivity contribution in [2.75, 3.05) is 39.5 Å². The summed E-state index contributed by atoms with van der Waals surface area (Å²) in [4.78, 5) is 58.5. The van der Waals surface area contributed by atoms with Crippen LogP contribution >= 0.6 is 0 Å². The van der Waals surface area contributed by atoms with Crippen LogP contribution in [0.15, 0.2) is 0 Å². The number of unbranched alkanes of at least 4 members (excludes halogenated alkanes) is 1. The molecule has 0 rings (SSSR count). The molecular weight excluding hydrogens is 394 g/mol. The van der Waals surface area contributed by atoms with Crippen LogP contribution in [0.4, 0.5) is 0 Å². The van der Waals surface area contributed by atoms with Gasteiger partial charge >= 0.3 is 17.9 Å². The van der Waals surface area contributed by atoms with Crippen molar-refractivity contribution in [3.63, 3.8) is 0 Å². The minimum atomic E-state index is -0.452. The number of hydrogen-bond acceptors (Lipinski definition) is 9. The molecule has 0 spiro atoms. The maximum atomic E-state index is 11.6. The van der Waals surface area contributed by atoms with Gasteiger partial charge in [0, 0.05) is 38.9 Å². The Morgan fingerprint density at radius 3 is 1.30 bits per heavy atom. The number of Topliss-reactive ketones (excluding diaryl/α,β-unsaturated/α-hetero) is 2. The van der Waals surface area contributed by atoms with E-state index in [1.165, 1.54) is 13.8 Å². The minimum absolute atomic E-state index is 0.0398. The van der Waals surface area contributed by atoms with Crippen LogP contribution in [0.5, 0.6) is 0 Å². The van der Waals surface area contributed by atoms with Gasteiger partial charge in [-0.2, -0.15) is 0 Å². The second-order valence-corrected chi connectivity index (χ2v) is 7.01. The summed E-state index contributed by atoms with van der Waals surface area (Å²) in [7, 11) is 0. The first-order valence-electron chi connectivity index (χ1n) is 10.4. The van der Waals surface area contributed by atoms with Crippen LogP contribution in [0.1, 0.15) is 65.7 Å². The Kier molecular flexibility index (Phi) is 16.2. The SMILES string of the molecule is CCCCC(=O)OCCN(CCOC(=O)CCC(C)=O)CCOC(=O)CCC(C)=O. The molecule has 172 valence electrons. The quantitative estimate of drug-likeness (QED) is 0.238. The Labute approximate surface area is 178 Å². The monoisotopic (exact) mass is 429 g/mol. The highest BCUT2D eigenvalue weighted by molar-refractivity contribution is 5.81. The summed E-state index contributed by atoms with van der Waals surface area (Å²) in [5.41, 5.74) is 0. The van der Waals surface area contributed by atoms with E-state index in [-0.39, 0.29) is 63.0 Å². The normalized spacial score (nSPS) is 10.5. The molecule has 0 aliphatic rings. The van der Waals surface area contributed by atoms with Gasteiger partial charge in [0.05, 0.1) is 12.8 Å². The van der Waals surface area contributed by atoms with E-state index in [0.29, 0.717) is 26.1 Å². The molecule has 0 atom stereocenters. The van der Waals surface area contributed by atoms with Crippen molar-refractivity contribution in [3.8, 4) is 0 Å². The number of carbonyl (C=O) groups is 5. The number of carbonyl (C=O) groups excluding carboxylic acids is 5. The van der Waals surface area contributed by atoms with Crippen molar-refractivity contribution in [2.45, 2.75) is 65.7 Å². The van der Waals surface area contributed by atoms with Crippen LogP contribution in [0.2, 0.25) is 0 Å². The smallest absolute Gasteiger partial charge is 0.306 e. The fourth-order valence-electron chi connectivity index (χ4n) is 2.29. The predicted octanol–water partition coefficient (Wildman–Crippen LogP) is 1.85. The van der Waals surface area contributed by atoms with Gasteiger partial charge in [-0.1, -0.05) is 13.3 Å². The fraction of sp³-hybridized carbons (Fsp3) is 0.762. The van der Waals surface area contributed by atoms with Crippen molar-refractivity contribution in [1.82, 2.24) is 4.90 Å². The van der Waals surface area contributed by atoms with Gasteiger partial charge in [0.1, 0.15) is 31.4 Å². The molecule has 0 aliphatic carbocycles. The van der Waals surface area contributed by atoms with Crippen molar-refractivity contribution in [2.24, 2.45) is 0 Å². The van der Waals surface area contributed by atoms with Gasteiger partial charge in [0.25, 0.3) is 0 Å². The molecule has 0 saturated carbocycles. The van der Waals surface area contributed by atoms with Crippen molar-refractivity contribution < 1.29 is 38.2 Å². The molecule has 0 fully saturated rings. The number of rotatable bonds is 18. The largest absolute Gasteiger partial charge is 0.464 e. The highest BCUT2D eigenvalue weighted by Crippen LogP contribution is 2.00. The zero-order valence-corrected chi connectivity index (χ0v) is 18.4. The second kappa shape index (κ2) is 17.6. The maximum absolute atomic E-state index is 11.6. The lowest BCUT2D eigenvalue weighted by Crippen LogP contribution is -2.35. The van der Waals surface area contributed by atoms with E-state index < -0.39 is 11.9 Å². The van der Waals surface area contributed by atoms with E-state index in [9.17, 15) is 24.0 Å². The Bertz CT molecular complexity index is 525. The molecule has 0 aromatic heterocycles. The van der Waals surface area contributed by atoms with E-state index in [1.807, 2.05) is 11.8 Å². The van der Waals surface area contributed by atoms with Crippen LogP contribution in [0.25, 0.3) is 0 Å². The van der Waals surface area contributed by atoms with Crippen molar-refractivity contribution >= 4 is 29.5 Å². The molecule has 0 heterocycles. The fourth-order valence-corrected chi connectivity index (χ4v) is 2.29. The summed E-state index contributed by atoms with van der Waals surface area (Å²) < 4.78 is 15.4. The van der Waals surface area contributed by atoms with Gasteiger partial charge in [0.15, 0.2) is 0 Å². The number of nitrogens with zero attached hydrogens (tertiary/aromatic N) is 1. The Balaban J connectivity index is 4.34. The summed E-state index contributed by atoms with van der Waals surface area (Å²) in [6.45, 7) is 6.34. The molecule has 0 aromatic rings. The molecule has 0 aromatic carbocycles. The standard InChI is InChI=1S/C21H35NO8/c1-4-5-6-19(25)28-14-11-22(12-15-29-20(26)9-7-17(2)23)13-16-30-21(27)10-8-18(3)24/h4-16H2,1-3H3. The summed E-state index contributed by atoms with van der Waals surface area (Å²) >= 11 is 0. The van der Waals surface area contributed by atoms with Gasteiger partial charge < -0.3 is 23.8 Å². The number of hydrogen-bond donors (Lipinski definition) is 0. The molecule has 9 heteroatoms. The summed E-state index contributed by atoms with van der Waals surface area (Å²) in [5, 5.41) is 0. The van der Waals surface area contributed by atoms with Gasteiger partial charge in [0.2, 0.25) is 0 Å². The third-order valence-corrected chi connectivity index (χ3v) is 4.11. The first kappa shape index (κ1) is 27.7. The molecule has 0 unspecified atom stereocenters. The lowest BCUT2D eigenvalue weighted by atomic mass is 10.2. The number of ether oxygens (including phenoxy) is 3. The molecule has 30 heavy (non-hydrogen) atoms. The average molecular weight is 430 g/mol. The number of esters is 3. The molecule has 0 bridgehead atoms. The molecule has 0 saturated heterocycles. The van der Waals surface area contributed by atoms with Gasteiger partial charge in [-0.15, -0.1) is 0 Å². The van der Waals surface area contributed by atoms with E-state index in [4.69, 9.17) is 14.2 Å². The van der Waals surface area contributed by atoms with Crippen LogP contribution in [-0.4, -0.2) is 73.8 Å². The lowest BCUT2D eigenvalue weighted by Gasteiger charge is -2.22. The first-order valence-corrected chi connectivity index (χ1v) is 10.4. The minimum Gasteiger partial charge on any atom is -0.464 e. The van der Waals surface area contributed by atoms with Gasteiger partial charge in [-0.05, 0) is 20.3 Å². The number of ketones is 2. The second-order valence-electron chi connectivity index (χ2n) is 7.01. The zero-order chi connectivity index (χ0) is 22.8. The van der Waals surface area contributed by atoms with Crippen molar-refractivity contribution in [1.29, 1.82) is 0 Å². The van der Waals surface area contributed by atoms with Crippen LogP contribution in [0, 0.1) is 0 Å². The van der Waals surface area contributed by atoms with Crippen LogP contribution < -0.4 is 0 Å². The maximum Gasteiger partial charge on any atom is 0.306 e. The van der Waals surface area contributed by atoms with Crippen LogP contribution in [0.3, 0.4) is 0 Å². The molecule has 0 amide bonds. The summed E-state index contributed by atoms with van der Waals surface area (Å²) in [6, 6.07) is 0. The Morgan fingerprint density at radius 2 is 0.967 bits per heavy atom. The Hall–Kier alpha value is -2.29. The van der Waals surface area contributed by atoms with Gasteiger partial charge in [-0.3, -0.25) is 19.3 Å². The van der Waals surface area contributed by atoms with Crippen molar-refractivity contribution in [3.05, 3.63) is 0 Å². The Morgan fingerprint density at radius 1 is 0.600 bits per heavy atom. The van der Waals surface area contributed by atoms with E-state index in [0.717, 1.165) is 12.8 Å². The predicted molar refractivity (Wildman–Crippen MR) is 109 cm³/mol. The average Bonchev–Trinajstić information content (AvgIpc) is 2.68. The molecule has 0 radical (unpaired) electrons. The van der Waals surface area contributed by atoms with Gasteiger partial charge in [-0.25, -0.2) is 0 Å². The molecular formula is C21H35NO8. The zero-order valence-electron chi connectivity index (χ0n) is 18.4. The molecule has 9 nitrogen and oxygen atoms in total. The summed E-state index contributed by atoms with van der Waals surface area (Å²) in [6.07, 6.45) is 2.42. The first-order chi connectivity index (χ1) is 14.2. The third kappa shape index (κ3) is 17.8. The summed E-state index contributed by atoms with van der Waals surface area (Å²) in [5.74, 6) is -1.32. The van der Waals surface area contributed by atoms with E-state index >= 15 is 0 Å². The molecule has 0 N–H and O–H groups in total. The van der Waals surface area contributed by atoms with Crippen LogP contribution in [-0.2, 0) is 38.2 Å². The lowest BCUT2D eigenvalue weighted by molar-refractivity contribution is -0.146.